The fraction of sp³-hybridized carbons (Fsp3) is 0.0417. The molecule has 0 radical (unpaired) electrons. The second-order valence-corrected chi connectivity index (χ2v) is 6.31. The molecular formula is C24H20N2O4. The molecule has 3 aromatic carbocycles. The molecule has 0 atom stereocenters. The van der Waals surface area contributed by atoms with Crippen LogP contribution in [0.25, 0.3) is 6.08 Å². The number of carbonyl (C=O) groups excluding carboxylic acids is 3. The van der Waals surface area contributed by atoms with Crippen molar-refractivity contribution in [3.63, 3.8) is 0 Å². The minimum absolute atomic E-state index is 0.0899. The van der Waals surface area contributed by atoms with E-state index in [1.165, 1.54) is 7.11 Å². The van der Waals surface area contributed by atoms with E-state index in [4.69, 9.17) is 0 Å². The number of amides is 2. The molecular weight excluding hydrogens is 380 g/mol. The molecule has 30 heavy (non-hydrogen) atoms. The average molecular weight is 400 g/mol. The predicted molar refractivity (Wildman–Crippen MR) is 115 cm³/mol. The maximum Gasteiger partial charge on any atom is 0.337 e. The molecule has 6 nitrogen and oxygen atoms in total. The molecule has 2 N–H and O–H groups in total. The van der Waals surface area contributed by atoms with Crippen LogP contribution in [-0.4, -0.2) is 24.9 Å². The van der Waals surface area contributed by atoms with Gasteiger partial charge in [-0.2, -0.15) is 0 Å². The van der Waals surface area contributed by atoms with E-state index in [2.05, 4.69) is 15.4 Å². The summed E-state index contributed by atoms with van der Waals surface area (Å²) in [5.74, 6) is -1.35. The van der Waals surface area contributed by atoms with Crippen molar-refractivity contribution in [1.82, 2.24) is 5.32 Å². The summed E-state index contributed by atoms with van der Waals surface area (Å²) in [5.41, 5.74) is 2.13. The summed E-state index contributed by atoms with van der Waals surface area (Å²) in [6.07, 6.45) is 1.60. The minimum Gasteiger partial charge on any atom is -0.465 e. The van der Waals surface area contributed by atoms with Gasteiger partial charge in [-0.1, -0.05) is 48.5 Å². The van der Waals surface area contributed by atoms with Crippen LogP contribution in [0.3, 0.4) is 0 Å². The number of rotatable bonds is 6. The van der Waals surface area contributed by atoms with Gasteiger partial charge in [0.2, 0.25) is 0 Å². The topological polar surface area (TPSA) is 84.5 Å². The van der Waals surface area contributed by atoms with Gasteiger partial charge in [0.25, 0.3) is 11.8 Å². The van der Waals surface area contributed by atoms with Gasteiger partial charge in [0, 0.05) is 11.3 Å². The second kappa shape index (κ2) is 9.84. The normalized spacial score (nSPS) is 10.8. The molecule has 2 amide bonds. The first kappa shape index (κ1) is 20.5. The number of esters is 1. The van der Waals surface area contributed by atoms with E-state index in [0.717, 1.165) is 5.56 Å². The molecule has 0 aromatic heterocycles. The maximum absolute atomic E-state index is 12.9. The largest absolute Gasteiger partial charge is 0.465 e. The van der Waals surface area contributed by atoms with Crippen LogP contribution in [0.2, 0.25) is 0 Å². The van der Waals surface area contributed by atoms with E-state index in [1.54, 1.807) is 54.6 Å². The molecule has 0 heterocycles. The number of benzene rings is 3. The van der Waals surface area contributed by atoms with Crippen LogP contribution < -0.4 is 10.6 Å². The third kappa shape index (κ3) is 5.42. The molecule has 0 saturated heterocycles. The van der Waals surface area contributed by atoms with Crippen LogP contribution in [0.15, 0.2) is 90.6 Å². The molecule has 0 unspecified atom stereocenters. The Morgan fingerprint density at radius 2 is 1.37 bits per heavy atom. The van der Waals surface area contributed by atoms with Gasteiger partial charge in [-0.05, 0) is 48.0 Å². The lowest BCUT2D eigenvalue weighted by Gasteiger charge is -2.12. The zero-order valence-corrected chi connectivity index (χ0v) is 16.3. The van der Waals surface area contributed by atoms with E-state index in [0.29, 0.717) is 16.8 Å². The number of anilines is 1. The second-order valence-electron chi connectivity index (χ2n) is 6.31. The zero-order chi connectivity index (χ0) is 21.3. The summed E-state index contributed by atoms with van der Waals surface area (Å²) < 4.78 is 4.66. The Morgan fingerprint density at radius 1 is 0.767 bits per heavy atom. The van der Waals surface area contributed by atoms with Crippen molar-refractivity contribution in [2.45, 2.75) is 0 Å². The summed E-state index contributed by atoms with van der Waals surface area (Å²) in [4.78, 5) is 37.0. The lowest BCUT2D eigenvalue weighted by molar-refractivity contribution is -0.113. The number of hydrogen-bond acceptors (Lipinski definition) is 4. The number of ether oxygens (including phenoxy) is 1. The third-order valence-corrected chi connectivity index (χ3v) is 4.20. The Labute approximate surface area is 174 Å². The fourth-order valence-corrected chi connectivity index (χ4v) is 2.66. The predicted octanol–water partition coefficient (Wildman–Crippen LogP) is 3.88. The Hall–Kier alpha value is -4.19. The first-order valence-electron chi connectivity index (χ1n) is 9.19. The summed E-state index contributed by atoms with van der Waals surface area (Å²) >= 11 is 0. The summed E-state index contributed by atoms with van der Waals surface area (Å²) in [5, 5.41) is 5.41. The molecule has 6 heteroatoms. The highest BCUT2D eigenvalue weighted by Gasteiger charge is 2.15. The molecule has 3 aromatic rings. The van der Waals surface area contributed by atoms with Gasteiger partial charge in [0.1, 0.15) is 5.70 Å². The number of hydrogen-bond donors (Lipinski definition) is 2. The highest BCUT2D eigenvalue weighted by Crippen LogP contribution is 2.13. The van der Waals surface area contributed by atoms with E-state index in [9.17, 15) is 14.4 Å². The molecule has 3 rings (SSSR count). The van der Waals surface area contributed by atoms with Gasteiger partial charge in [0.15, 0.2) is 0 Å². The van der Waals surface area contributed by atoms with Crippen molar-refractivity contribution in [3.05, 3.63) is 107 Å². The Morgan fingerprint density at radius 3 is 1.97 bits per heavy atom. The van der Waals surface area contributed by atoms with E-state index in [1.807, 2.05) is 36.4 Å². The Bertz CT molecular complexity index is 1060. The maximum atomic E-state index is 12.9. The minimum atomic E-state index is -0.492. The van der Waals surface area contributed by atoms with Crippen LogP contribution in [0.1, 0.15) is 26.3 Å². The number of methoxy groups -OCH3 is 1. The lowest BCUT2D eigenvalue weighted by atomic mass is 10.1. The van der Waals surface area contributed by atoms with Crippen LogP contribution in [0.4, 0.5) is 5.69 Å². The smallest absolute Gasteiger partial charge is 0.337 e. The molecule has 0 aliphatic heterocycles. The van der Waals surface area contributed by atoms with Crippen molar-refractivity contribution < 1.29 is 19.1 Å². The third-order valence-electron chi connectivity index (χ3n) is 4.20. The number of carbonyl (C=O) groups is 3. The summed E-state index contributed by atoms with van der Waals surface area (Å²) in [6, 6.07) is 24.1. The van der Waals surface area contributed by atoms with E-state index in [-0.39, 0.29) is 5.70 Å². The van der Waals surface area contributed by atoms with Crippen LogP contribution in [-0.2, 0) is 9.53 Å². The van der Waals surface area contributed by atoms with Gasteiger partial charge in [0.05, 0.1) is 12.7 Å². The molecule has 0 fully saturated rings. The van der Waals surface area contributed by atoms with Crippen LogP contribution >= 0.6 is 0 Å². The fourth-order valence-electron chi connectivity index (χ4n) is 2.66. The highest BCUT2D eigenvalue weighted by molar-refractivity contribution is 6.10. The summed E-state index contributed by atoms with van der Waals surface area (Å²) in [7, 11) is 1.30. The van der Waals surface area contributed by atoms with Crippen LogP contribution in [0.5, 0.6) is 0 Å². The lowest BCUT2D eigenvalue weighted by Crippen LogP contribution is -2.30. The SMILES string of the molecule is COC(=O)c1ccc(NC(=O)/C(=C/c2ccccc2)NC(=O)c2ccccc2)cc1. The van der Waals surface area contributed by atoms with Crippen molar-refractivity contribution in [1.29, 1.82) is 0 Å². The van der Waals surface area contributed by atoms with Gasteiger partial charge < -0.3 is 15.4 Å². The van der Waals surface area contributed by atoms with Crippen molar-refractivity contribution in [2.75, 3.05) is 12.4 Å². The van der Waals surface area contributed by atoms with Gasteiger partial charge in [-0.15, -0.1) is 0 Å². The van der Waals surface area contributed by atoms with Gasteiger partial charge in [-0.3, -0.25) is 9.59 Å². The van der Waals surface area contributed by atoms with Gasteiger partial charge >= 0.3 is 5.97 Å². The monoisotopic (exact) mass is 400 g/mol. The quantitative estimate of drug-likeness (QED) is 0.486. The molecule has 0 aliphatic rings. The molecule has 150 valence electrons. The van der Waals surface area contributed by atoms with Crippen molar-refractivity contribution in [3.8, 4) is 0 Å². The molecule has 0 saturated carbocycles. The van der Waals surface area contributed by atoms with Crippen LogP contribution in [0, 0.1) is 0 Å². The Kier molecular flexibility index (Phi) is 6.74. The standard InChI is InChI=1S/C24H20N2O4/c1-30-24(29)19-12-14-20(15-13-19)25-23(28)21(16-17-8-4-2-5-9-17)26-22(27)18-10-6-3-7-11-18/h2-16H,1H3,(H,25,28)(H,26,27)/b21-16-. The first-order valence-corrected chi connectivity index (χ1v) is 9.19. The van der Waals surface area contributed by atoms with E-state index < -0.39 is 17.8 Å². The summed E-state index contributed by atoms with van der Waals surface area (Å²) in [6.45, 7) is 0. The first-order chi connectivity index (χ1) is 14.6. The van der Waals surface area contributed by atoms with E-state index >= 15 is 0 Å². The van der Waals surface area contributed by atoms with Crippen molar-refractivity contribution >= 4 is 29.5 Å². The Balaban J connectivity index is 1.82. The van der Waals surface area contributed by atoms with Crippen molar-refractivity contribution in [2.24, 2.45) is 0 Å². The average Bonchev–Trinajstić information content (AvgIpc) is 2.79. The highest BCUT2D eigenvalue weighted by atomic mass is 16.5. The molecule has 0 spiro atoms. The molecule has 0 aliphatic carbocycles. The zero-order valence-electron chi connectivity index (χ0n) is 16.3. The number of nitrogens with one attached hydrogen (secondary N) is 2. The van der Waals surface area contributed by atoms with Gasteiger partial charge in [-0.25, -0.2) is 4.79 Å². The molecule has 0 bridgehead atoms.